The first kappa shape index (κ1) is 18.9. The second-order valence-corrected chi connectivity index (χ2v) is 7.02. The molecule has 0 atom stereocenters. The Morgan fingerprint density at radius 3 is 2.48 bits per heavy atom. The van der Waals surface area contributed by atoms with Crippen LogP contribution in [0.3, 0.4) is 0 Å². The van der Waals surface area contributed by atoms with E-state index in [1.54, 1.807) is 13.0 Å². The van der Waals surface area contributed by atoms with Crippen molar-refractivity contribution in [2.24, 2.45) is 0 Å². The molecule has 0 saturated heterocycles. The Morgan fingerprint density at radius 1 is 1.16 bits per heavy atom. The van der Waals surface area contributed by atoms with E-state index in [-0.39, 0.29) is 22.1 Å². The van der Waals surface area contributed by atoms with Gasteiger partial charge in [-0.15, -0.1) is 0 Å². The van der Waals surface area contributed by atoms with Crippen LogP contribution in [-0.4, -0.2) is 34.6 Å². The first-order valence-corrected chi connectivity index (χ1v) is 8.98. The van der Waals surface area contributed by atoms with Crippen LogP contribution in [0.5, 0.6) is 0 Å². The van der Waals surface area contributed by atoms with Gasteiger partial charge in [0.15, 0.2) is 0 Å². The predicted octanol–water partition coefficient (Wildman–Crippen LogP) is 2.31. The molecule has 0 saturated carbocycles. The van der Waals surface area contributed by atoms with Crippen molar-refractivity contribution in [3.05, 3.63) is 59.4 Å². The minimum absolute atomic E-state index is 0.0562. The van der Waals surface area contributed by atoms with Crippen LogP contribution in [0.15, 0.2) is 47.4 Å². The molecule has 6 nitrogen and oxygen atoms in total. The Kier molecular flexibility index (Phi) is 6.11. The van der Waals surface area contributed by atoms with E-state index in [0.29, 0.717) is 18.7 Å². The van der Waals surface area contributed by atoms with Gasteiger partial charge in [-0.05, 0) is 48.9 Å². The Morgan fingerprint density at radius 2 is 1.84 bits per heavy atom. The number of carbonyl (C=O) groups excluding carboxylic acids is 1. The average molecular weight is 366 g/mol. The number of amides is 1. The number of anilines is 1. The van der Waals surface area contributed by atoms with Gasteiger partial charge in [-0.3, -0.25) is 9.52 Å². The molecule has 0 heterocycles. The van der Waals surface area contributed by atoms with Crippen molar-refractivity contribution in [2.75, 3.05) is 25.0 Å². The molecule has 8 heteroatoms. The highest BCUT2D eigenvalue weighted by Crippen LogP contribution is 2.19. The number of methoxy groups -OCH3 is 1. The van der Waals surface area contributed by atoms with Crippen LogP contribution in [0.1, 0.15) is 15.9 Å². The summed E-state index contributed by atoms with van der Waals surface area (Å²) in [4.78, 5) is 12.1. The molecule has 0 aliphatic heterocycles. The van der Waals surface area contributed by atoms with E-state index in [9.17, 15) is 17.6 Å². The largest absolute Gasteiger partial charge is 0.383 e. The fourth-order valence-electron chi connectivity index (χ4n) is 2.11. The highest BCUT2D eigenvalue weighted by Gasteiger charge is 2.18. The normalized spacial score (nSPS) is 11.2. The molecule has 0 spiro atoms. The van der Waals surface area contributed by atoms with Crippen LogP contribution >= 0.6 is 0 Å². The number of hydrogen-bond acceptors (Lipinski definition) is 4. The van der Waals surface area contributed by atoms with Gasteiger partial charge in [0.2, 0.25) is 0 Å². The van der Waals surface area contributed by atoms with Gasteiger partial charge in [0, 0.05) is 24.9 Å². The number of nitrogens with one attached hydrogen (secondary N) is 2. The number of rotatable bonds is 7. The first-order valence-electron chi connectivity index (χ1n) is 7.49. The van der Waals surface area contributed by atoms with E-state index < -0.39 is 15.8 Å². The molecule has 2 aromatic rings. The molecule has 1 amide bonds. The average Bonchev–Trinajstić information content (AvgIpc) is 2.57. The molecule has 0 unspecified atom stereocenters. The second-order valence-electron chi connectivity index (χ2n) is 5.34. The van der Waals surface area contributed by atoms with E-state index in [0.717, 1.165) is 12.1 Å². The Balaban J connectivity index is 2.24. The van der Waals surface area contributed by atoms with Crippen molar-refractivity contribution in [3.63, 3.8) is 0 Å². The molecule has 0 fully saturated rings. The van der Waals surface area contributed by atoms with Crippen LogP contribution in [0.4, 0.5) is 10.1 Å². The highest BCUT2D eigenvalue weighted by molar-refractivity contribution is 7.92. The number of carbonyl (C=O) groups is 1. The number of hydrogen-bond donors (Lipinski definition) is 2. The zero-order valence-corrected chi connectivity index (χ0v) is 14.7. The van der Waals surface area contributed by atoms with Gasteiger partial charge in [0.1, 0.15) is 5.82 Å². The lowest BCUT2D eigenvalue weighted by atomic mass is 10.1. The minimum atomic E-state index is -3.90. The molecule has 0 radical (unpaired) electrons. The zero-order valence-electron chi connectivity index (χ0n) is 13.9. The van der Waals surface area contributed by atoms with Crippen molar-refractivity contribution in [3.8, 4) is 0 Å². The van der Waals surface area contributed by atoms with Crippen molar-refractivity contribution < 1.29 is 22.3 Å². The monoisotopic (exact) mass is 366 g/mol. The molecule has 0 bridgehead atoms. The maximum absolute atomic E-state index is 12.9. The van der Waals surface area contributed by atoms with Crippen LogP contribution in [0.2, 0.25) is 0 Å². The molecular formula is C17H19FN2O4S. The van der Waals surface area contributed by atoms with Crippen LogP contribution in [-0.2, 0) is 14.8 Å². The smallest absolute Gasteiger partial charge is 0.261 e. The third kappa shape index (κ3) is 5.01. The lowest BCUT2D eigenvalue weighted by Gasteiger charge is -2.12. The maximum Gasteiger partial charge on any atom is 0.261 e. The van der Waals surface area contributed by atoms with E-state index in [4.69, 9.17) is 4.74 Å². The van der Waals surface area contributed by atoms with Gasteiger partial charge >= 0.3 is 0 Å². The quantitative estimate of drug-likeness (QED) is 0.737. The molecule has 0 aliphatic rings. The van der Waals surface area contributed by atoms with Crippen LogP contribution in [0, 0.1) is 12.7 Å². The molecule has 2 aromatic carbocycles. The minimum Gasteiger partial charge on any atom is -0.383 e. The Hall–Kier alpha value is -2.45. The van der Waals surface area contributed by atoms with Crippen LogP contribution < -0.4 is 10.0 Å². The molecule has 2 N–H and O–H groups in total. The standard InChI is InChI=1S/C17H19FN2O4S/c1-12-3-8-15(11-16(12)17(21)19-9-10-24-2)25(22,23)20-14-6-4-13(18)5-7-14/h3-8,11,20H,9-10H2,1-2H3,(H,19,21). The number of sulfonamides is 1. The zero-order chi connectivity index (χ0) is 18.4. The Labute approximate surface area is 146 Å². The number of halogens is 1. The van der Waals surface area contributed by atoms with Crippen molar-refractivity contribution >= 4 is 21.6 Å². The molecule has 0 aromatic heterocycles. The molecule has 134 valence electrons. The fraction of sp³-hybridized carbons (Fsp3) is 0.235. The maximum atomic E-state index is 12.9. The number of benzene rings is 2. The summed E-state index contributed by atoms with van der Waals surface area (Å²) in [5.74, 6) is -0.846. The van der Waals surface area contributed by atoms with Gasteiger partial charge in [-0.25, -0.2) is 12.8 Å². The SMILES string of the molecule is COCCNC(=O)c1cc(S(=O)(=O)Nc2ccc(F)cc2)ccc1C. The molecule has 25 heavy (non-hydrogen) atoms. The summed E-state index contributed by atoms with van der Waals surface area (Å²) in [6.45, 7) is 2.39. The van der Waals surface area contributed by atoms with Gasteiger partial charge in [0.05, 0.1) is 11.5 Å². The van der Waals surface area contributed by atoms with Gasteiger partial charge in [0.25, 0.3) is 15.9 Å². The first-order chi connectivity index (χ1) is 11.8. The summed E-state index contributed by atoms with van der Waals surface area (Å²) < 4.78 is 45.1. The van der Waals surface area contributed by atoms with E-state index in [2.05, 4.69) is 10.0 Å². The van der Waals surface area contributed by atoms with Crippen molar-refractivity contribution in [1.82, 2.24) is 5.32 Å². The van der Waals surface area contributed by atoms with Gasteiger partial charge < -0.3 is 10.1 Å². The molecule has 2 rings (SSSR count). The molecule has 0 aliphatic carbocycles. The molecular weight excluding hydrogens is 347 g/mol. The van der Waals surface area contributed by atoms with E-state index in [1.807, 2.05) is 0 Å². The third-order valence-electron chi connectivity index (χ3n) is 3.45. The summed E-state index contributed by atoms with van der Waals surface area (Å²) >= 11 is 0. The van der Waals surface area contributed by atoms with Crippen LogP contribution in [0.25, 0.3) is 0 Å². The Bertz CT molecular complexity index is 851. The van der Waals surface area contributed by atoms with E-state index in [1.165, 1.54) is 31.4 Å². The second kappa shape index (κ2) is 8.09. The van der Waals surface area contributed by atoms with Crippen molar-refractivity contribution in [1.29, 1.82) is 0 Å². The topological polar surface area (TPSA) is 84.5 Å². The number of ether oxygens (including phenoxy) is 1. The lowest BCUT2D eigenvalue weighted by Crippen LogP contribution is -2.28. The summed E-state index contributed by atoms with van der Waals surface area (Å²) in [6.07, 6.45) is 0. The van der Waals surface area contributed by atoms with Gasteiger partial charge in [-0.2, -0.15) is 0 Å². The fourth-order valence-corrected chi connectivity index (χ4v) is 3.19. The van der Waals surface area contributed by atoms with E-state index >= 15 is 0 Å². The summed E-state index contributed by atoms with van der Waals surface area (Å²) in [7, 11) is -2.38. The van der Waals surface area contributed by atoms with Crippen molar-refractivity contribution in [2.45, 2.75) is 11.8 Å². The lowest BCUT2D eigenvalue weighted by molar-refractivity contribution is 0.0936. The summed E-state index contributed by atoms with van der Waals surface area (Å²) in [6, 6.07) is 9.23. The summed E-state index contributed by atoms with van der Waals surface area (Å²) in [5.41, 5.74) is 1.14. The highest BCUT2D eigenvalue weighted by atomic mass is 32.2. The summed E-state index contributed by atoms with van der Waals surface area (Å²) in [5, 5.41) is 2.65. The third-order valence-corrected chi connectivity index (χ3v) is 4.83. The van der Waals surface area contributed by atoms with Gasteiger partial charge in [-0.1, -0.05) is 6.07 Å². The number of aryl methyl sites for hydroxylation is 1. The predicted molar refractivity (Wildman–Crippen MR) is 92.6 cm³/mol.